The maximum absolute atomic E-state index is 13.2. The van der Waals surface area contributed by atoms with E-state index in [1.807, 2.05) is 66.7 Å². The van der Waals surface area contributed by atoms with Crippen molar-refractivity contribution in [1.82, 2.24) is 4.98 Å². The van der Waals surface area contributed by atoms with E-state index in [9.17, 15) is 4.79 Å². The molecule has 152 valence electrons. The lowest BCUT2D eigenvalue weighted by molar-refractivity contribution is -0.118. The number of anilines is 1. The Morgan fingerprint density at radius 3 is 2.50 bits per heavy atom. The molecule has 0 aliphatic rings. The van der Waals surface area contributed by atoms with Gasteiger partial charge in [-0.25, -0.2) is 4.98 Å². The van der Waals surface area contributed by atoms with Gasteiger partial charge in [0.05, 0.1) is 23.9 Å². The SMILES string of the molecule is COc1ccc2sc(N(Cc3ccccc3)C(=O)CCSc3ccccc3)nc2c1. The molecule has 0 atom stereocenters. The van der Waals surface area contributed by atoms with Gasteiger partial charge in [0.15, 0.2) is 5.13 Å². The monoisotopic (exact) mass is 434 g/mol. The van der Waals surface area contributed by atoms with Gasteiger partial charge in [0.2, 0.25) is 5.91 Å². The Labute approximate surface area is 184 Å². The number of thiazole rings is 1. The Hall–Kier alpha value is -2.83. The van der Waals surface area contributed by atoms with Gasteiger partial charge in [0.25, 0.3) is 0 Å². The van der Waals surface area contributed by atoms with Crippen LogP contribution in [0.15, 0.2) is 83.8 Å². The molecule has 0 radical (unpaired) electrons. The molecule has 0 saturated heterocycles. The number of nitrogens with zero attached hydrogens (tertiary/aromatic N) is 2. The normalized spacial score (nSPS) is 10.8. The molecule has 1 aromatic heterocycles. The molecule has 0 bridgehead atoms. The van der Waals surface area contributed by atoms with Gasteiger partial charge in [-0.05, 0) is 29.8 Å². The predicted molar refractivity (Wildman–Crippen MR) is 126 cm³/mol. The summed E-state index contributed by atoms with van der Waals surface area (Å²) >= 11 is 3.23. The van der Waals surface area contributed by atoms with Gasteiger partial charge in [-0.2, -0.15) is 0 Å². The Kier molecular flexibility index (Phi) is 6.67. The van der Waals surface area contributed by atoms with Crippen molar-refractivity contribution in [2.24, 2.45) is 0 Å². The molecular formula is C24H22N2O2S2. The van der Waals surface area contributed by atoms with Crippen LogP contribution in [0.1, 0.15) is 12.0 Å². The number of methoxy groups -OCH3 is 1. The van der Waals surface area contributed by atoms with Gasteiger partial charge in [-0.1, -0.05) is 59.9 Å². The molecule has 4 nitrogen and oxygen atoms in total. The first-order valence-electron chi connectivity index (χ1n) is 9.69. The van der Waals surface area contributed by atoms with Crippen molar-refractivity contribution in [2.75, 3.05) is 17.8 Å². The molecule has 30 heavy (non-hydrogen) atoms. The quantitative estimate of drug-likeness (QED) is 0.318. The minimum Gasteiger partial charge on any atom is -0.497 e. The van der Waals surface area contributed by atoms with Crippen molar-refractivity contribution < 1.29 is 9.53 Å². The molecule has 4 rings (SSSR count). The fraction of sp³-hybridized carbons (Fsp3) is 0.167. The molecule has 1 heterocycles. The Morgan fingerprint density at radius 1 is 1.03 bits per heavy atom. The average Bonchev–Trinajstić information content (AvgIpc) is 3.21. The lowest BCUT2D eigenvalue weighted by Crippen LogP contribution is -2.30. The molecule has 0 N–H and O–H groups in total. The minimum absolute atomic E-state index is 0.0771. The van der Waals surface area contributed by atoms with Crippen LogP contribution in [0.25, 0.3) is 10.2 Å². The van der Waals surface area contributed by atoms with Crippen LogP contribution in [0.4, 0.5) is 5.13 Å². The van der Waals surface area contributed by atoms with E-state index >= 15 is 0 Å². The summed E-state index contributed by atoms with van der Waals surface area (Å²) in [5.41, 5.74) is 1.93. The largest absolute Gasteiger partial charge is 0.497 e. The van der Waals surface area contributed by atoms with Crippen molar-refractivity contribution in [3.63, 3.8) is 0 Å². The topological polar surface area (TPSA) is 42.4 Å². The van der Waals surface area contributed by atoms with Crippen molar-refractivity contribution in [3.05, 3.63) is 84.4 Å². The number of rotatable bonds is 8. The highest BCUT2D eigenvalue weighted by Gasteiger charge is 2.20. The van der Waals surface area contributed by atoms with E-state index < -0.39 is 0 Å². The van der Waals surface area contributed by atoms with E-state index in [0.717, 1.165) is 32.4 Å². The summed E-state index contributed by atoms with van der Waals surface area (Å²) in [6.07, 6.45) is 0.450. The number of hydrogen-bond donors (Lipinski definition) is 0. The van der Waals surface area contributed by atoms with Crippen molar-refractivity contribution >= 4 is 44.4 Å². The summed E-state index contributed by atoms with van der Waals surface area (Å²) in [7, 11) is 1.64. The summed E-state index contributed by atoms with van der Waals surface area (Å²) < 4.78 is 6.35. The first-order chi connectivity index (χ1) is 14.7. The summed E-state index contributed by atoms with van der Waals surface area (Å²) in [4.78, 5) is 20.9. The van der Waals surface area contributed by atoms with Crippen molar-refractivity contribution in [3.8, 4) is 5.75 Å². The number of aromatic nitrogens is 1. The fourth-order valence-electron chi connectivity index (χ4n) is 3.07. The zero-order valence-electron chi connectivity index (χ0n) is 16.7. The van der Waals surface area contributed by atoms with Crippen LogP contribution < -0.4 is 9.64 Å². The van der Waals surface area contributed by atoms with Crippen LogP contribution in [0.5, 0.6) is 5.75 Å². The zero-order valence-corrected chi connectivity index (χ0v) is 18.3. The van der Waals surface area contributed by atoms with Crippen LogP contribution in [0.3, 0.4) is 0 Å². The van der Waals surface area contributed by atoms with Gasteiger partial charge >= 0.3 is 0 Å². The molecular weight excluding hydrogens is 412 g/mol. The molecule has 6 heteroatoms. The standard InChI is InChI=1S/C24H22N2O2S2/c1-28-19-12-13-22-21(16-19)25-24(30-22)26(17-18-8-4-2-5-9-18)23(27)14-15-29-20-10-6-3-7-11-20/h2-13,16H,14-15,17H2,1H3. The van der Waals surface area contributed by atoms with Gasteiger partial charge < -0.3 is 4.74 Å². The molecule has 0 saturated carbocycles. The van der Waals surface area contributed by atoms with Gasteiger partial charge in [-0.15, -0.1) is 11.8 Å². The van der Waals surface area contributed by atoms with E-state index in [-0.39, 0.29) is 5.91 Å². The van der Waals surface area contributed by atoms with Crippen molar-refractivity contribution in [2.45, 2.75) is 17.9 Å². The van der Waals surface area contributed by atoms with Gasteiger partial charge in [0.1, 0.15) is 5.75 Å². The lowest BCUT2D eigenvalue weighted by Gasteiger charge is -2.20. The number of amides is 1. The summed E-state index contributed by atoms with van der Waals surface area (Å²) in [6, 6.07) is 26.0. The van der Waals surface area contributed by atoms with E-state index in [2.05, 4.69) is 12.1 Å². The number of thioether (sulfide) groups is 1. The number of hydrogen-bond acceptors (Lipinski definition) is 5. The molecule has 4 aromatic rings. The predicted octanol–water partition coefficient (Wildman–Crippen LogP) is 6.02. The van der Waals surface area contributed by atoms with Crippen LogP contribution >= 0.6 is 23.1 Å². The average molecular weight is 435 g/mol. The highest BCUT2D eigenvalue weighted by atomic mass is 32.2. The van der Waals surface area contributed by atoms with Gasteiger partial charge in [-0.3, -0.25) is 9.69 Å². The minimum atomic E-state index is 0.0771. The molecule has 0 aliphatic heterocycles. The molecule has 0 spiro atoms. The van der Waals surface area contributed by atoms with E-state index in [1.165, 1.54) is 16.2 Å². The second kappa shape index (κ2) is 9.78. The summed E-state index contributed by atoms with van der Waals surface area (Å²) in [5, 5.41) is 0.719. The number of ether oxygens (including phenoxy) is 1. The maximum Gasteiger partial charge on any atom is 0.229 e. The third-order valence-electron chi connectivity index (χ3n) is 4.63. The zero-order chi connectivity index (χ0) is 20.8. The van der Waals surface area contributed by atoms with Crippen LogP contribution in [0.2, 0.25) is 0 Å². The number of carbonyl (C=O) groups is 1. The number of carbonyl (C=O) groups excluding carboxylic acids is 1. The van der Waals surface area contributed by atoms with Crippen LogP contribution in [0, 0.1) is 0 Å². The first-order valence-corrected chi connectivity index (χ1v) is 11.5. The first kappa shape index (κ1) is 20.4. The highest BCUT2D eigenvalue weighted by Crippen LogP contribution is 2.32. The van der Waals surface area contributed by atoms with Crippen LogP contribution in [-0.4, -0.2) is 23.8 Å². The van der Waals surface area contributed by atoms with E-state index in [1.54, 1.807) is 23.8 Å². The summed E-state index contributed by atoms with van der Waals surface area (Å²) in [6.45, 7) is 0.507. The van der Waals surface area contributed by atoms with Crippen LogP contribution in [-0.2, 0) is 11.3 Å². The molecule has 0 unspecified atom stereocenters. The van der Waals surface area contributed by atoms with E-state index in [4.69, 9.17) is 9.72 Å². The molecule has 3 aromatic carbocycles. The molecule has 0 aliphatic carbocycles. The second-order valence-electron chi connectivity index (χ2n) is 6.71. The van der Waals surface area contributed by atoms with Gasteiger partial charge in [0, 0.05) is 23.1 Å². The Morgan fingerprint density at radius 2 is 1.77 bits per heavy atom. The maximum atomic E-state index is 13.2. The number of benzene rings is 3. The second-order valence-corrected chi connectivity index (χ2v) is 8.88. The van der Waals surface area contributed by atoms with Crippen molar-refractivity contribution in [1.29, 1.82) is 0 Å². The summed E-state index contributed by atoms with van der Waals surface area (Å²) in [5.74, 6) is 1.57. The third kappa shape index (κ3) is 5.01. The Balaban J connectivity index is 1.55. The number of fused-ring (bicyclic) bond motifs is 1. The molecule has 0 fully saturated rings. The Bertz CT molecular complexity index is 1110. The lowest BCUT2D eigenvalue weighted by atomic mass is 10.2. The molecule has 1 amide bonds. The van der Waals surface area contributed by atoms with E-state index in [0.29, 0.717) is 13.0 Å². The third-order valence-corrected chi connectivity index (χ3v) is 6.70. The fourth-order valence-corrected chi connectivity index (χ4v) is 4.90. The smallest absolute Gasteiger partial charge is 0.229 e. The highest BCUT2D eigenvalue weighted by molar-refractivity contribution is 7.99.